The van der Waals surface area contributed by atoms with Crippen LogP contribution in [0.1, 0.15) is 32.6 Å². The van der Waals surface area contributed by atoms with Crippen molar-refractivity contribution >= 4 is 5.97 Å². The Kier molecular flexibility index (Phi) is 5.92. The minimum Gasteiger partial charge on any atom is -0.481 e. The number of methoxy groups -OCH3 is 1. The summed E-state index contributed by atoms with van der Waals surface area (Å²) in [6.45, 7) is 3.87. The van der Waals surface area contributed by atoms with Crippen LogP contribution in [0.15, 0.2) is 0 Å². The summed E-state index contributed by atoms with van der Waals surface area (Å²) in [5, 5.41) is 9.26. The lowest BCUT2D eigenvalue weighted by molar-refractivity contribution is -0.146. The van der Waals surface area contributed by atoms with Crippen LogP contribution in [0.3, 0.4) is 0 Å². The fourth-order valence-corrected chi connectivity index (χ4v) is 2.75. The van der Waals surface area contributed by atoms with Crippen LogP contribution in [0.25, 0.3) is 0 Å². The van der Waals surface area contributed by atoms with Gasteiger partial charge in [-0.3, -0.25) is 4.79 Å². The van der Waals surface area contributed by atoms with Gasteiger partial charge in [-0.15, -0.1) is 0 Å². The SMILES string of the molecule is COCCCN(C)C1CC(C)CCC1C(=O)O. The number of carboxylic acids is 1. The largest absolute Gasteiger partial charge is 0.481 e. The van der Waals surface area contributed by atoms with E-state index in [2.05, 4.69) is 11.8 Å². The summed E-state index contributed by atoms with van der Waals surface area (Å²) in [6, 6.07) is 0.188. The zero-order valence-electron chi connectivity index (χ0n) is 11.2. The Morgan fingerprint density at radius 3 is 2.76 bits per heavy atom. The maximum Gasteiger partial charge on any atom is 0.308 e. The maximum atomic E-state index is 11.3. The molecule has 0 aliphatic heterocycles. The number of hydrogen-bond acceptors (Lipinski definition) is 3. The van der Waals surface area contributed by atoms with E-state index in [4.69, 9.17) is 4.74 Å². The van der Waals surface area contributed by atoms with Crippen molar-refractivity contribution in [1.29, 1.82) is 0 Å². The Bertz CT molecular complexity index is 245. The molecular weight excluding hydrogens is 218 g/mol. The van der Waals surface area contributed by atoms with E-state index in [-0.39, 0.29) is 12.0 Å². The lowest BCUT2D eigenvalue weighted by atomic mass is 9.78. The molecule has 0 bridgehead atoms. The molecule has 1 aliphatic rings. The zero-order chi connectivity index (χ0) is 12.8. The molecule has 1 rings (SSSR count). The van der Waals surface area contributed by atoms with Gasteiger partial charge in [0.05, 0.1) is 5.92 Å². The fourth-order valence-electron chi connectivity index (χ4n) is 2.75. The molecule has 1 fully saturated rings. The van der Waals surface area contributed by atoms with Crippen molar-refractivity contribution in [2.24, 2.45) is 11.8 Å². The van der Waals surface area contributed by atoms with Gasteiger partial charge in [0.15, 0.2) is 0 Å². The number of hydrogen-bond donors (Lipinski definition) is 1. The molecule has 0 saturated heterocycles. The summed E-state index contributed by atoms with van der Waals surface area (Å²) in [4.78, 5) is 13.5. The number of aliphatic carboxylic acids is 1. The molecule has 3 atom stereocenters. The van der Waals surface area contributed by atoms with Crippen molar-refractivity contribution in [3.8, 4) is 0 Å². The van der Waals surface area contributed by atoms with Crippen LogP contribution < -0.4 is 0 Å². The highest BCUT2D eigenvalue weighted by Gasteiger charge is 2.35. The average molecular weight is 243 g/mol. The van der Waals surface area contributed by atoms with Crippen molar-refractivity contribution in [2.45, 2.75) is 38.6 Å². The molecule has 4 heteroatoms. The maximum absolute atomic E-state index is 11.3. The van der Waals surface area contributed by atoms with Crippen LogP contribution in [-0.4, -0.2) is 49.3 Å². The lowest BCUT2D eigenvalue weighted by Crippen LogP contribution is -2.45. The summed E-state index contributed by atoms with van der Waals surface area (Å²) in [5.74, 6) is -0.195. The van der Waals surface area contributed by atoms with E-state index in [1.165, 1.54) is 0 Å². The fraction of sp³-hybridized carbons (Fsp3) is 0.923. The summed E-state index contributed by atoms with van der Waals surface area (Å²) >= 11 is 0. The highest BCUT2D eigenvalue weighted by atomic mass is 16.5. The molecule has 0 aromatic rings. The van der Waals surface area contributed by atoms with E-state index >= 15 is 0 Å². The second-order valence-corrected chi connectivity index (χ2v) is 5.26. The van der Waals surface area contributed by atoms with Gasteiger partial charge in [0.2, 0.25) is 0 Å². The molecule has 1 aliphatic carbocycles. The standard InChI is InChI=1S/C13H25NO3/c1-10-5-6-11(13(15)16)12(9-10)14(2)7-4-8-17-3/h10-12H,4-9H2,1-3H3,(H,15,16). The van der Waals surface area contributed by atoms with Gasteiger partial charge < -0.3 is 14.7 Å². The monoisotopic (exact) mass is 243 g/mol. The van der Waals surface area contributed by atoms with Crippen molar-refractivity contribution in [3.63, 3.8) is 0 Å². The molecule has 1 N–H and O–H groups in total. The Morgan fingerprint density at radius 1 is 1.47 bits per heavy atom. The number of ether oxygens (including phenoxy) is 1. The van der Waals surface area contributed by atoms with E-state index < -0.39 is 5.97 Å². The predicted molar refractivity (Wildman–Crippen MR) is 67.1 cm³/mol. The van der Waals surface area contributed by atoms with Gasteiger partial charge in [0, 0.05) is 26.3 Å². The van der Waals surface area contributed by atoms with Crippen LogP contribution in [-0.2, 0) is 9.53 Å². The molecule has 17 heavy (non-hydrogen) atoms. The molecule has 1 saturated carbocycles. The third-order valence-electron chi connectivity index (χ3n) is 3.82. The Balaban J connectivity index is 2.52. The molecule has 3 unspecified atom stereocenters. The van der Waals surface area contributed by atoms with Crippen LogP contribution in [0, 0.1) is 11.8 Å². The smallest absolute Gasteiger partial charge is 0.308 e. The summed E-state index contributed by atoms with van der Waals surface area (Å²) in [6.07, 6.45) is 3.82. The van der Waals surface area contributed by atoms with Crippen molar-refractivity contribution in [1.82, 2.24) is 4.90 Å². The highest BCUT2D eigenvalue weighted by Crippen LogP contribution is 2.31. The second-order valence-electron chi connectivity index (χ2n) is 5.26. The third kappa shape index (κ3) is 4.28. The van der Waals surface area contributed by atoms with E-state index in [9.17, 15) is 9.90 Å². The number of carbonyl (C=O) groups is 1. The molecule has 100 valence electrons. The third-order valence-corrected chi connectivity index (χ3v) is 3.82. The van der Waals surface area contributed by atoms with Gasteiger partial charge in [-0.2, -0.15) is 0 Å². The highest BCUT2D eigenvalue weighted by molar-refractivity contribution is 5.71. The molecule has 0 radical (unpaired) electrons. The predicted octanol–water partition coefficient (Wildman–Crippen LogP) is 1.84. The van der Waals surface area contributed by atoms with Gasteiger partial charge in [-0.05, 0) is 38.6 Å². The van der Waals surface area contributed by atoms with E-state index in [1.807, 2.05) is 7.05 Å². The summed E-state index contributed by atoms with van der Waals surface area (Å²) in [5.41, 5.74) is 0. The van der Waals surface area contributed by atoms with Gasteiger partial charge in [-0.25, -0.2) is 0 Å². The average Bonchev–Trinajstić information content (AvgIpc) is 2.28. The molecule has 0 amide bonds. The van der Waals surface area contributed by atoms with Gasteiger partial charge in [0.1, 0.15) is 0 Å². The quantitative estimate of drug-likeness (QED) is 0.723. The minimum atomic E-state index is -0.638. The molecule has 0 aromatic carbocycles. The Labute approximate surface area is 104 Å². The van der Waals surface area contributed by atoms with E-state index in [1.54, 1.807) is 7.11 Å². The first kappa shape index (κ1) is 14.5. The first-order valence-electron chi connectivity index (χ1n) is 6.48. The number of nitrogens with zero attached hydrogens (tertiary/aromatic N) is 1. The first-order chi connectivity index (χ1) is 8.06. The van der Waals surface area contributed by atoms with Crippen molar-refractivity contribution < 1.29 is 14.6 Å². The second kappa shape index (κ2) is 6.97. The van der Waals surface area contributed by atoms with E-state index in [0.29, 0.717) is 5.92 Å². The van der Waals surface area contributed by atoms with Crippen molar-refractivity contribution in [2.75, 3.05) is 27.3 Å². The molecule has 0 heterocycles. The lowest BCUT2D eigenvalue weighted by Gasteiger charge is -2.38. The molecule has 0 aromatic heterocycles. The van der Waals surface area contributed by atoms with Gasteiger partial charge in [0.25, 0.3) is 0 Å². The van der Waals surface area contributed by atoms with Gasteiger partial charge >= 0.3 is 5.97 Å². The topological polar surface area (TPSA) is 49.8 Å². The Hall–Kier alpha value is -0.610. The first-order valence-corrected chi connectivity index (χ1v) is 6.48. The zero-order valence-corrected chi connectivity index (χ0v) is 11.2. The molecule has 4 nitrogen and oxygen atoms in total. The van der Waals surface area contributed by atoms with Gasteiger partial charge in [-0.1, -0.05) is 6.92 Å². The van der Waals surface area contributed by atoms with E-state index in [0.717, 1.165) is 38.8 Å². The molecule has 0 spiro atoms. The van der Waals surface area contributed by atoms with Crippen LogP contribution in [0.2, 0.25) is 0 Å². The summed E-state index contributed by atoms with van der Waals surface area (Å²) < 4.78 is 5.03. The normalized spacial score (nSPS) is 29.5. The molecular formula is C13H25NO3. The number of carboxylic acid groups (broad SMARTS) is 1. The van der Waals surface area contributed by atoms with Crippen LogP contribution >= 0.6 is 0 Å². The number of rotatable bonds is 6. The Morgan fingerprint density at radius 2 is 2.18 bits per heavy atom. The summed E-state index contributed by atoms with van der Waals surface area (Å²) in [7, 11) is 3.73. The minimum absolute atomic E-state index is 0.188. The van der Waals surface area contributed by atoms with Crippen LogP contribution in [0.5, 0.6) is 0 Å². The van der Waals surface area contributed by atoms with Crippen LogP contribution in [0.4, 0.5) is 0 Å². The van der Waals surface area contributed by atoms with Crippen molar-refractivity contribution in [3.05, 3.63) is 0 Å².